The van der Waals surface area contributed by atoms with Gasteiger partial charge in [-0.15, -0.1) is 0 Å². The molecule has 4 heteroatoms. The lowest BCUT2D eigenvalue weighted by Crippen LogP contribution is -2.20. The van der Waals surface area contributed by atoms with Crippen LogP contribution in [-0.2, 0) is 4.79 Å². The molecule has 0 aromatic heterocycles. The molecule has 0 fully saturated rings. The predicted molar refractivity (Wildman–Crippen MR) is 76.2 cm³/mol. The van der Waals surface area contributed by atoms with Gasteiger partial charge in [0.15, 0.2) is 0 Å². The number of halogens is 1. The van der Waals surface area contributed by atoms with E-state index < -0.39 is 5.97 Å². The smallest absolute Gasteiger partial charge is 0.328 e. The Balaban J connectivity index is 3.14. The van der Waals surface area contributed by atoms with E-state index >= 15 is 0 Å². The third-order valence-electron chi connectivity index (χ3n) is 2.34. The van der Waals surface area contributed by atoms with Crippen molar-refractivity contribution in [3.05, 3.63) is 47.0 Å². The molecule has 0 saturated carbocycles. The first kappa shape index (κ1) is 14.3. The maximum atomic E-state index is 10.6. The minimum absolute atomic E-state index is 0.526. The summed E-state index contributed by atoms with van der Waals surface area (Å²) in [5.41, 5.74) is 2.60. The van der Waals surface area contributed by atoms with Crippen LogP contribution >= 0.6 is 11.6 Å². The number of carboxylic acid groups (broad SMARTS) is 1. The first-order valence-corrected chi connectivity index (χ1v) is 5.84. The van der Waals surface area contributed by atoms with Crippen LogP contribution in [0.25, 0.3) is 6.08 Å². The van der Waals surface area contributed by atoms with Crippen molar-refractivity contribution in [2.75, 3.05) is 18.5 Å². The summed E-state index contributed by atoms with van der Waals surface area (Å²) in [5, 5.41) is 9.21. The van der Waals surface area contributed by atoms with E-state index in [-0.39, 0.29) is 0 Å². The second kappa shape index (κ2) is 6.26. The molecule has 0 heterocycles. The van der Waals surface area contributed by atoms with Crippen molar-refractivity contribution >= 4 is 29.3 Å². The number of hydrogen-bond donors (Lipinski definition) is 1. The van der Waals surface area contributed by atoms with Crippen molar-refractivity contribution in [2.24, 2.45) is 0 Å². The standard InChI is InChI=1S/C14H16ClNO2/c1-10(2)9-16(3)13-6-4-5-12(15)11(13)7-8-14(17)18/h4-8H,1,9H2,2-3H3,(H,17,18)/b8-7+. The summed E-state index contributed by atoms with van der Waals surface area (Å²) >= 11 is 6.10. The minimum Gasteiger partial charge on any atom is -0.478 e. The van der Waals surface area contributed by atoms with Crippen LogP contribution in [0.2, 0.25) is 5.02 Å². The molecule has 96 valence electrons. The van der Waals surface area contributed by atoms with Gasteiger partial charge in [-0.05, 0) is 25.1 Å². The van der Waals surface area contributed by atoms with Gasteiger partial charge in [0.2, 0.25) is 0 Å². The molecule has 1 aromatic carbocycles. The van der Waals surface area contributed by atoms with Crippen LogP contribution in [0.1, 0.15) is 12.5 Å². The van der Waals surface area contributed by atoms with E-state index in [1.54, 1.807) is 6.07 Å². The van der Waals surface area contributed by atoms with E-state index in [2.05, 4.69) is 6.58 Å². The van der Waals surface area contributed by atoms with Crippen LogP contribution in [0.4, 0.5) is 5.69 Å². The van der Waals surface area contributed by atoms with Gasteiger partial charge in [0.1, 0.15) is 0 Å². The zero-order valence-electron chi connectivity index (χ0n) is 10.5. The van der Waals surface area contributed by atoms with E-state index in [0.717, 1.165) is 17.3 Å². The Labute approximate surface area is 112 Å². The summed E-state index contributed by atoms with van der Waals surface area (Å²) in [7, 11) is 1.92. The van der Waals surface area contributed by atoms with Gasteiger partial charge in [0.25, 0.3) is 0 Å². The average molecular weight is 266 g/mol. The average Bonchev–Trinajstić information content (AvgIpc) is 2.25. The van der Waals surface area contributed by atoms with Crippen LogP contribution in [0, 0.1) is 0 Å². The Morgan fingerprint density at radius 3 is 2.78 bits per heavy atom. The lowest BCUT2D eigenvalue weighted by molar-refractivity contribution is -0.131. The van der Waals surface area contributed by atoms with Gasteiger partial charge < -0.3 is 10.0 Å². The molecule has 1 aromatic rings. The number of hydrogen-bond acceptors (Lipinski definition) is 2. The molecule has 18 heavy (non-hydrogen) atoms. The van der Waals surface area contributed by atoms with Crippen molar-refractivity contribution in [1.82, 2.24) is 0 Å². The highest BCUT2D eigenvalue weighted by atomic mass is 35.5. The zero-order valence-corrected chi connectivity index (χ0v) is 11.2. The second-order valence-corrected chi connectivity index (χ2v) is 4.56. The van der Waals surface area contributed by atoms with Gasteiger partial charge in [0.05, 0.1) is 0 Å². The lowest BCUT2D eigenvalue weighted by Gasteiger charge is -2.22. The van der Waals surface area contributed by atoms with E-state index in [1.807, 2.05) is 31.0 Å². The lowest BCUT2D eigenvalue weighted by atomic mass is 10.1. The number of carboxylic acids is 1. The van der Waals surface area contributed by atoms with Crippen molar-refractivity contribution in [3.63, 3.8) is 0 Å². The largest absolute Gasteiger partial charge is 0.478 e. The first-order chi connectivity index (χ1) is 8.41. The third kappa shape index (κ3) is 3.93. The topological polar surface area (TPSA) is 40.5 Å². The number of rotatable bonds is 5. The monoisotopic (exact) mass is 265 g/mol. The number of benzene rings is 1. The highest BCUT2D eigenvalue weighted by Gasteiger charge is 2.09. The van der Waals surface area contributed by atoms with Gasteiger partial charge in [0, 0.05) is 35.9 Å². The fourth-order valence-electron chi connectivity index (χ4n) is 1.67. The normalized spacial score (nSPS) is 10.6. The molecule has 0 aliphatic rings. The Morgan fingerprint density at radius 1 is 1.56 bits per heavy atom. The molecule has 0 bridgehead atoms. The fourth-order valence-corrected chi connectivity index (χ4v) is 1.90. The molecule has 0 amide bonds. The van der Waals surface area contributed by atoms with E-state index in [1.165, 1.54) is 6.08 Å². The Morgan fingerprint density at radius 2 is 2.22 bits per heavy atom. The molecule has 0 radical (unpaired) electrons. The maximum absolute atomic E-state index is 10.6. The van der Waals surface area contributed by atoms with Gasteiger partial charge in [-0.2, -0.15) is 0 Å². The quantitative estimate of drug-likeness (QED) is 0.655. The number of likely N-dealkylation sites (N-methyl/N-ethyl adjacent to an activating group) is 1. The molecule has 1 rings (SSSR count). The van der Waals surface area contributed by atoms with E-state index in [4.69, 9.17) is 16.7 Å². The van der Waals surface area contributed by atoms with Crippen molar-refractivity contribution in [3.8, 4) is 0 Å². The summed E-state index contributed by atoms with van der Waals surface area (Å²) in [6, 6.07) is 5.47. The Bertz CT molecular complexity index is 495. The summed E-state index contributed by atoms with van der Waals surface area (Å²) < 4.78 is 0. The summed E-state index contributed by atoms with van der Waals surface area (Å²) in [4.78, 5) is 12.6. The summed E-state index contributed by atoms with van der Waals surface area (Å²) in [6.07, 6.45) is 2.59. The molecular weight excluding hydrogens is 250 g/mol. The van der Waals surface area contributed by atoms with Crippen molar-refractivity contribution < 1.29 is 9.90 Å². The molecular formula is C14H16ClNO2. The van der Waals surface area contributed by atoms with Gasteiger partial charge >= 0.3 is 5.97 Å². The Hall–Kier alpha value is -1.74. The van der Waals surface area contributed by atoms with E-state index in [9.17, 15) is 4.79 Å². The number of carbonyl (C=O) groups is 1. The summed E-state index contributed by atoms with van der Waals surface area (Å²) in [6.45, 7) is 6.49. The van der Waals surface area contributed by atoms with Crippen LogP contribution in [0.15, 0.2) is 36.4 Å². The van der Waals surface area contributed by atoms with Gasteiger partial charge in [-0.3, -0.25) is 0 Å². The molecule has 0 spiro atoms. The molecule has 0 aliphatic heterocycles. The molecule has 3 nitrogen and oxygen atoms in total. The van der Waals surface area contributed by atoms with Crippen molar-refractivity contribution in [2.45, 2.75) is 6.92 Å². The molecule has 0 atom stereocenters. The molecule has 1 N–H and O–H groups in total. The zero-order chi connectivity index (χ0) is 13.7. The minimum atomic E-state index is -0.997. The predicted octanol–water partition coefficient (Wildman–Crippen LogP) is 3.45. The number of aliphatic carboxylic acids is 1. The molecule has 0 unspecified atom stereocenters. The van der Waals surface area contributed by atoms with Crippen molar-refractivity contribution in [1.29, 1.82) is 0 Å². The summed E-state index contributed by atoms with van der Waals surface area (Å²) in [5.74, 6) is -0.997. The number of nitrogens with zero attached hydrogens (tertiary/aromatic N) is 1. The highest BCUT2D eigenvalue weighted by molar-refractivity contribution is 6.32. The fraction of sp³-hybridized carbons (Fsp3) is 0.214. The molecule has 0 aliphatic carbocycles. The van der Waals surface area contributed by atoms with Crippen LogP contribution < -0.4 is 4.90 Å². The molecule has 0 saturated heterocycles. The maximum Gasteiger partial charge on any atom is 0.328 e. The SMILES string of the molecule is C=C(C)CN(C)c1cccc(Cl)c1/C=C/C(=O)O. The van der Waals surface area contributed by atoms with E-state index in [0.29, 0.717) is 17.1 Å². The second-order valence-electron chi connectivity index (χ2n) is 4.16. The van der Waals surface area contributed by atoms with Crippen LogP contribution in [0.5, 0.6) is 0 Å². The highest BCUT2D eigenvalue weighted by Crippen LogP contribution is 2.28. The van der Waals surface area contributed by atoms with Gasteiger partial charge in [-0.1, -0.05) is 29.8 Å². The third-order valence-corrected chi connectivity index (χ3v) is 2.67. The van der Waals surface area contributed by atoms with Crippen LogP contribution in [-0.4, -0.2) is 24.7 Å². The van der Waals surface area contributed by atoms with Gasteiger partial charge in [-0.25, -0.2) is 4.79 Å². The number of anilines is 1. The first-order valence-electron chi connectivity index (χ1n) is 5.47. The van der Waals surface area contributed by atoms with Crippen LogP contribution in [0.3, 0.4) is 0 Å². The Kier molecular flexibility index (Phi) is 4.98.